The van der Waals surface area contributed by atoms with Gasteiger partial charge in [-0.1, -0.05) is 12.2 Å². The molecule has 23 heavy (non-hydrogen) atoms. The number of nitrogens with zero attached hydrogens (tertiary/aromatic N) is 3. The summed E-state index contributed by atoms with van der Waals surface area (Å²) >= 11 is 0. The minimum Gasteiger partial charge on any atom is -0.444 e. The standard InChI is InChI=1S/C17H27N3O3/c1-5-14(21)13-6-7-15(18-12-13)19-8-10-20(11-9-19)16(22)23-17(2,3)4/h5-6,12,14-15,21H,1,7-11H2,2-4H3/t14-,15?/m0/s1. The highest BCUT2D eigenvalue weighted by Crippen LogP contribution is 2.18. The highest BCUT2D eigenvalue weighted by Gasteiger charge is 2.29. The van der Waals surface area contributed by atoms with Crippen LogP contribution in [0.15, 0.2) is 29.3 Å². The number of dihydropyridines is 1. The molecule has 0 saturated carbocycles. The number of hydrogen-bond acceptors (Lipinski definition) is 5. The van der Waals surface area contributed by atoms with Crippen molar-refractivity contribution in [1.29, 1.82) is 0 Å². The van der Waals surface area contributed by atoms with Crippen LogP contribution < -0.4 is 0 Å². The van der Waals surface area contributed by atoms with Gasteiger partial charge in [-0.3, -0.25) is 9.89 Å². The molecular formula is C17H27N3O3. The van der Waals surface area contributed by atoms with Crippen LogP contribution in [-0.2, 0) is 4.74 Å². The second kappa shape index (κ2) is 7.27. The minimum absolute atomic E-state index is 0.0801. The van der Waals surface area contributed by atoms with E-state index in [0.717, 1.165) is 25.1 Å². The summed E-state index contributed by atoms with van der Waals surface area (Å²) in [6.45, 7) is 12.0. The first-order valence-electron chi connectivity index (χ1n) is 8.06. The largest absolute Gasteiger partial charge is 0.444 e. The molecule has 128 valence electrons. The van der Waals surface area contributed by atoms with Gasteiger partial charge in [0.2, 0.25) is 0 Å². The van der Waals surface area contributed by atoms with Crippen molar-refractivity contribution in [2.75, 3.05) is 26.2 Å². The number of carbonyl (C=O) groups is 1. The van der Waals surface area contributed by atoms with Gasteiger partial charge in [0.1, 0.15) is 11.8 Å². The lowest BCUT2D eigenvalue weighted by Gasteiger charge is -2.38. The number of aliphatic hydroxyl groups is 1. The predicted octanol–water partition coefficient (Wildman–Crippen LogP) is 1.81. The summed E-state index contributed by atoms with van der Waals surface area (Å²) in [5, 5.41) is 9.72. The highest BCUT2D eigenvalue weighted by atomic mass is 16.6. The molecule has 2 rings (SSSR count). The number of ether oxygens (including phenoxy) is 1. The minimum atomic E-state index is -0.649. The molecular weight excluding hydrogens is 294 g/mol. The third-order valence-corrected chi connectivity index (χ3v) is 3.91. The van der Waals surface area contributed by atoms with Crippen molar-refractivity contribution in [1.82, 2.24) is 9.80 Å². The summed E-state index contributed by atoms with van der Waals surface area (Å²) in [5.74, 6) is 0. The molecule has 0 aromatic rings. The molecule has 1 saturated heterocycles. The van der Waals surface area contributed by atoms with Gasteiger partial charge in [-0.25, -0.2) is 4.79 Å². The Kier molecular flexibility index (Phi) is 5.59. The number of aliphatic imine (C=N–C) groups is 1. The van der Waals surface area contributed by atoms with E-state index in [1.807, 2.05) is 26.8 Å². The Balaban J connectivity index is 1.82. The SMILES string of the molecule is C=C[C@H](O)C1=CCC(N2CCN(C(=O)OC(C)(C)C)CC2)N=C1. The van der Waals surface area contributed by atoms with Crippen molar-refractivity contribution in [2.45, 2.75) is 45.1 Å². The lowest BCUT2D eigenvalue weighted by molar-refractivity contribution is 0.0107. The zero-order valence-corrected chi connectivity index (χ0v) is 14.2. The van der Waals surface area contributed by atoms with Gasteiger partial charge in [-0.15, -0.1) is 6.58 Å². The first kappa shape index (κ1) is 17.7. The zero-order chi connectivity index (χ0) is 17.0. The second-order valence-corrected chi connectivity index (χ2v) is 6.88. The van der Waals surface area contributed by atoms with Crippen LogP contribution in [0.1, 0.15) is 27.2 Å². The highest BCUT2D eigenvalue weighted by molar-refractivity contribution is 5.81. The molecule has 0 bridgehead atoms. The van der Waals surface area contributed by atoms with Gasteiger partial charge in [0, 0.05) is 38.8 Å². The average molecular weight is 321 g/mol. The van der Waals surface area contributed by atoms with E-state index in [4.69, 9.17) is 4.74 Å². The molecule has 0 spiro atoms. The van der Waals surface area contributed by atoms with E-state index >= 15 is 0 Å². The topological polar surface area (TPSA) is 65.4 Å². The summed E-state index contributed by atoms with van der Waals surface area (Å²) in [4.78, 5) is 20.6. The quantitative estimate of drug-likeness (QED) is 0.805. The van der Waals surface area contributed by atoms with E-state index in [1.165, 1.54) is 6.08 Å². The van der Waals surface area contributed by atoms with Gasteiger partial charge in [0.25, 0.3) is 0 Å². The van der Waals surface area contributed by atoms with Crippen molar-refractivity contribution in [3.63, 3.8) is 0 Å². The molecule has 2 heterocycles. The Morgan fingerprint density at radius 1 is 1.43 bits per heavy atom. The second-order valence-electron chi connectivity index (χ2n) is 6.88. The van der Waals surface area contributed by atoms with Crippen LogP contribution in [0.5, 0.6) is 0 Å². The molecule has 1 unspecified atom stereocenters. The van der Waals surface area contributed by atoms with Gasteiger partial charge in [-0.2, -0.15) is 0 Å². The number of hydrogen-bond donors (Lipinski definition) is 1. The Morgan fingerprint density at radius 2 is 2.09 bits per heavy atom. The molecule has 2 atom stereocenters. The molecule has 2 aliphatic rings. The monoisotopic (exact) mass is 321 g/mol. The Labute approximate surface area is 138 Å². The molecule has 0 radical (unpaired) electrons. The summed E-state index contributed by atoms with van der Waals surface area (Å²) in [7, 11) is 0. The molecule has 1 N–H and O–H groups in total. The first-order valence-corrected chi connectivity index (χ1v) is 8.06. The molecule has 6 nitrogen and oxygen atoms in total. The fourth-order valence-electron chi connectivity index (χ4n) is 2.63. The molecule has 0 aromatic carbocycles. The predicted molar refractivity (Wildman–Crippen MR) is 90.6 cm³/mol. The van der Waals surface area contributed by atoms with Gasteiger partial charge in [0.05, 0.1) is 6.10 Å². The third kappa shape index (κ3) is 4.91. The lowest BCUT2D eigenvalue weighted by Crippen LogP contribution is -2.52. The Morgan fingerprint density at radius 3 is 2.57 bits per heavy atom. The van der Waals surface area contributed by atoms with Gasteiger partial charge >= 0.3 is 6.09 Å². The van der Waals surface area contributed by atoms with Crippen LogP contribution in [0.2, 0.25) is 0 Å². The van der Waals surface area contributed by atoms with E-state index in [9.17, 15) is 9.90 Å². The van der Waals surface area contributed by atoms with Crippen molar-refractivity contribution < 1.29 is 14.6 Å². The van der Waals surface area contributed by atoms with Crippen LogP contribution in [-0.4, -0.2) is 71.3 Å². The fourth-order valence-corrected chi connectivity index (χ4v) is 2.63. The number of carbonyl (C=O) groups excluding carboxylic acids is 1. The van der Waals surface area contributed by atoms with Gasteiger partial charge < -0.3 is 14.7 Å². The third-order valence-electron chi connectivity index (χ3n) is 3.91. The Hall–Kier alpha value is -1.66. The van der Waals surface area contributed by atoms with Crippen LogP contribution in [0.25, 0.3) is 0 Å². The summed E-state index contributed by atoms with van der Waals surface area (Å²) < 4.78 is 5.40. The van der Waals surface area contributed by atoms with Crippen LogP contribution in [0.4, 0.5) is 4.79 Å². The van der Waals surface area contributed by atoms with Crippen molar-refractivity contribution in [3.8, 4) is 0 Å². The number of aliphatic hydroxyl groups excluding tert-OH is 1. The van der Waals surface area contributed by atoms with Crippen LogP contribution in [0.3, 0.4) is 0 Å². The van der Waals surface area contributed by atoms with Crippen molar-refractivity contribution in [3.05, 3.63) is 24.3 Å². The zero-order valence-electron chi connectivity index (χ0n) is 14.2. The van der Waals surface area contributed by atoms with Gasteiger partial charge in [0.15, 0.2) is 0 Å². The van der Waals surface area contributed by atoms with Crippen molar-refractivity contribution in [2.24, 2.45) is 4.99 Å². The summed E-state index contributed by atoms with van der Waals surface area (Å²) in [6.07, 6.45) is 5.17. The molecule has 6 heteroatoms. The molecule has 2 aliphatic heterocycles. The van der Waals surface area contributed by atoms with E-state index in [2.05, 4.69) is 16.5 Å². The number of piperazine rings is 1. The maximum atomic E-state index is 12.1. The number of amides is 1. The summed E-state index contributed by atoms with van der Waals surface area (Å²) in [6, 6.07) is 0. The maximum absolute atomic E-state index is 12.1. The van der Waals surface area contributed by atoms with Gasteiger partial charge in [-0.05, 0) is 26.3 Å². The van der Waals surface area contributed by atoms with Crippen LogP contribution in [0, 0.1) is 0 Å². The summed E-state index contributed by atoms with van der Waals surface area (Å²) in [5.41, 5.74) is 0.332. The van der Waals surface area contributed by atoms with E-state index in [1.54, 1.807) is 11.1 Å². The molecule has 1 fully saturated rings. The average Bonchev–Trinajstić information content (AvgIpc) is 2.53. The molecule has 1 amide bonds. The molecule has 0 aliphatic carbocycles. The molecule has 0 aromatic heterocycles. The van der Waals surface area contributed by atoms with E-state index in [-0.39, 0.29) is 12.3 Å². The smallest absolute Gasteiger partial charge is 0.410 e. The van der Waals surface area contributed by atoms with E-state index < -0.39 is 11.7 Å². The number of rotatable bonds is 3. The normalized spacial score (nSPS) is 24.1. The van der Waals surface area contributed by atoms with Crippen molar-refractivity contribution >= 4 is 12.3 Å². The lowest BCUT2D eigenvalue weighted by atomic mass is 10.1. The van der Waals surface area contributed by atoms with Crippen LogP contribution >= 0.6 is 0 Å². The fraction of sp³-hybridized carbons (Fsp3) is 0.647. The maximum Gasteiger partial charge on any atom is 0.410 e. The first-order chi connectivity index (χ1) is 10.8. The Bertz CT molecular complexity index is 500. The van der Waals surface area contributed by atoms with E-state index in [0.29, 0.717) is 13.1 Å².